The average molecular weight is 154 g/mol. The van der Waals surface area contributed by atoms with Crippen molar-refractivity contribution in [2.75, 3.05) is 7.11 Å². The summed E-state index contributed by atoms with van der Waals surface area (Å²) < 4.78 is 4.53. The lowest BCUT2D eigenvalue weighted by molar-refractivity contribution is -0.143. The third-order valence-electron chi connectivity index (χ3n) is 1.98. The molecular weight excluding hydrogens is 144 g/mol. The first-order valence-electron chi connectivity index (χ1n) is 3.61. The third kappa shape index (κ3) is 1.49. The largest absolute Gasteiger partial charge is 0.469 e. The molecule has 1 rings (SSSR count). The molecule has 60 valence electrons. The lowest BCUT2D eigenvalue weighted by Gasteiger charge is -2.04. The standard InChI is InChI=1S/C8H10O3/c1-11-8(10)7-4-2-3-6(7)5-9/h7H,2-4H2,1H3. The van der Waals surface area contributed by atoms with Gasteiger partial charge in [-0.05, 0) is 19.3 Å². The van der Waals surface area contributed by atoms with Crippen LogP contribution in [0.5, 0.6) is 0 Å². The Bertz CT molecular complexity index is 213. The molecule has 0 bridgehead atoms. The van der Waals surface area contributed by atoms with Crippen LogP contribution >= 0.6 is 0 Å². The topological polar surface area (TPSA) is 43.4 Å². The van der Waals surface area contributed by atoms with Crippen LogP contribution in [0.3, 0.4) is 0 Å². The second kappa shape index (κ2) is 3.35. The van der Waals surface area contributed by atoms with Gasteiger partial charge < -0.3 is 4.74 Å². The van der Waals surface area contributed by atoms with Crippen molar-refractivity contribution in [2.24, 2.45) is 5.92 Å². The zero-order valence-corrected chi connectivity index (χ0v) is 6.42. The lowest BCUT2D eigenvalue weighted by atomic mass is 10.1. The van der Waals surface area contributed by atoms with Gasteiger partial charge in [-0.25, -0.2) is 4.79 Å². The van der Waals surface area contributed by atoms with Gasteiger partial charge in [-0.3, -0.25) is 4.79 Å². The maximum Gasteiger partial charge on any atom is 0.313 e. The molecule has 11 heavy (non-hydrogen) atoms. The number of carbonyl (C=O) groups is 1. The molecule has 1 saturated carbocycles. The molecular formula is C8H10O3. The minimum Gasteiger partial charge on any atom is -0.469 e. The van der Waals surface area contributed by atoms with Crippen molar-refractivity contribution < 1.29 is 14.3 Å². The van der Waals surface area contributed by atoms with E-state index in [0.717, 1.165) is 12.8 Å². The zero-order valence-electron chi connectivity index (χ0n) is 6.42. The van der Waals surface area contributed by atoms with E-state index in [-0.39, 0.29) is 11.9 Å². The molecule has 1 atom stereocenters. The van der Waals surface area contributed by atoms with Gasteiger partial charge >= 0.3 is 5.97 Å². The van der Waals surface area contributed by atoms with Gasteiger partial charge in [0, 0.05) is 5.57 Å². The summed E-state index contributed by atoms with van der Waals surface area (Å²) in [7, 11) is 1.34. The van der Waals surface area contributed by atoms with Crippen LogP contribution in [-0.2, 0) is 14.3 Å². The van der Waals surface area contributed by atoms with Crippen LogP contribution in [0, 0.1) is 5.92 Å². The Morgan fingerprint density at radius 1 is 1.73 bits per heavy atom. The second-order valence-electron chi connectivity index (χ2n) is 2.60. The number of esters is 1. The Kier molecular flexibility index (Phi) is 2.44. The Hall–Kier alpha value is -1.08. The molecule has 0 radical (unpaired) electrons. The van der Waals surface area contributed by atoms with Gasteiger partial charge in [0.1, 0.15) is 5.94 Å². The molecule has 0 aliphatic heterocycles. The molecule has 0 aromatic carbocycles. The van der Waals surface area contributed by atoms with E-state index in [1.54, 1.807) is 5.94 Å². The predicted octanol–water partition coefficient (Wildman–Crippen LogP) is 0.717. The monoisotopic (exact) mass is 154 g/mol. The first-order chi connectivity index (χ1) is 5.29. The average Bonchev–Trinajstić information content (AvgIpc) is 2.50. The van der Waals surface area contributed by atoms with Crippen molar-refractivity contribution in [2.45, 2.75) is 19.3 Å². The lowest BCUT2D eigenvalue weighted by Crippen LogP contribution is -2.14. The van der Waals surface area contributed by atoms with E-state index in [1.807, 2.05) is 0 Å². The molecule has 0 saturated heterocycles. The van der Waals surface area contributed by atoms with E-state index in [2.05, 4.69) is 4.74 Å². The Labute approximate surface area is 65.0 Å². The Balaban J connectivity index is 2.72. The molecule has 0 heterocycles. The van der Waals surface area contributed by atoms with E-state index in [9.17, 15) is 9.59 Å². The molecule has 0 spiro atoms. The van der Waals surface area contributed by atoms with Crippen molar-refractivity contribution in [1.29, 1.82) is 0 Å². The van der Waals surface area contributed by atoms with Crippen LogP contribution < -0.4 is 0 Å². The molecule has 1 aliphatic rings. The normalized spacial score (nSPS) is 23.0. The number of carbonyl (C=O) groups excluding carboxylic acids is 2. The van der Waals surface area contributed by atoms with Crippen LogP contribution in [0.25, 0.3) is 0 Å². The molecule has 0 aromatic rings. The molecule has 3 nitrogen and oxygen atoms in total. The first-order valence-corrected chi connectivity index (χ1v) is 3.61. The van der Waals surface area contributed by atoms with E-state index in [1.165, 1.54) is 7.11 Å². The van der Waals surface area contributed by atoms with Crippen LogP contribution in [0.1, 0.15) is 19.3 Å². The number of hydrogen-bond acceptors (Lipinski definition) is 3. The fraction of sp³-hybridized carbons (Fsp3) is 0.625. The third-order valence-corrected chi connectivity index (χ3v) is 1.98. The summed E-state index contributed by atoms with van der Waals surface area (Å²) in [6, 6.07) is 0. The molecule has 0 N–H and O–H groups in total. The highest BCUT2D eigenvalue weighted by atomic mass is 16.5. The highest BCUT2D eigenvalue weighted by molar-refractivity contribution is 5.79. The van der Waals surface area contributed by atoms with Gasteiger partial charge in [0.2, 0.25) is 0 Å². The number of ether oxygens (including phenoxy) is 1. The maximum atomic E-state index is 11.0. The van der Waals surface area contributed by atoms with E-state index < -0.39 is 0 Å². The maximum absolute atomic E-state index is 11.0. The molecule has 1 aliphatic carbocycles. The molecule has 0 aromatic heterocycles. The second-order valence-corrected chi connectivity index (χ2v) is 2.60. The summed E-state index contributed by atoms with van der Waals surface area (Å²) >= 11 is 0. The van der Waals surface area contributed by atoms with E-state index in [4.69, 9.17) is 0 Å². The van der Waals surface area contributed by atoms with E-state index in [0.29, 0.717) is 12.0 Å². The number of rotatable bonds is 1. The van der Waals surface area contributed by atoms with Crippen LogP contribution in [0.2, 0.25) is 0 Å². The predicted molar refractivity (Wildman–Crippen MR) is 38.6 cm³/mol. The van der Waals surface area contributed by atoms with Crippen LogP contribution in [0.15, 0.2) is 5.57 Å². The molecule has 1 fully saturated rings. The van der Waals surface area contributed by atoms with Gasteiger partial charge in [0.25, 0.3) is 0 Å². The summed E-state index contributed by atoms with van der Waals surface area (Å²) in [4.78, 5) is 21.2. The quantitative estimate of drug-likeness (QED) is 0.413. The Morgan fingerprint density at radius 3 is 3.00 bits per heavy atom. The van der Waals surface area contributed by atoms with Crippen molar-refractivity contribution in [1.82, 2.24) is 0 Å². The van der Waals surface area contributed by atoms with Gasteiger partial charge in [-0.2, -0.15) is 0 Å². The van der Waals surface area contributed by atoms with Gasteiger partial charge in [-0.1, -0.05) is 0 Å². The summed E-state index contributed by atoms with van der Waals surface area (Å²) in [5.41, 5.74) is 0.567. The summed E-state index contributed by atoms with van der Waals surface area (Å²) in [5, 5.41) is 0. The smallest absolute Gasteiger partial charge is 0.313 e. The zero-order chi connectivity index (χ0) is 8.27. The highest BCUT2D eigenvalue weighted by Crippen LogP contribution is 2.29. The minimum atomic E-state index is -0.308. The Morgan fingerprint density at radius 2 is 2.45 bits per heavy atom. The summed E-state index contributed by atoms with van der Waals surface area (Å²) in [6.45, 7) is 0. The fourth-order valence-corrected chi connectivity index (χ4v) is 1.37. The van der Waals surface area contributed by atoms with Gasteiger partial charge in [0.15, 0.2) is 0 Å². The molecule has 0 amide bonds. The van der Waals surface area contributed by atoms with Crippen molar-refractivity contribution in [3.63, 3.8) is 0 Å². The van der Waals surface area contributed by atoms with Crippen LogP contribution in [-0.4, -0.2) is 19.0 Å². The van der Waals surface area contributed by atoms with Gasteiger partial charge in [0.05, 0.1) is 13.0 Å². The van der Waals surface area contributed by atoms with E-state index >= 15 is 0 Å². The minimum absolute atomic E-state index is 0.305. The summed E-state index contributed by atoms with van der Waals surface area (Å²) in [6.07, 6.45) is 2.32. The SMILES string of the molecule is COC(=O)C1CCCC1=C=O. The fourth-order valence-electron chi connectivity index (χ4n) is 1.37. The molecule has 1 unspecified atom stereocenters. The summed E-state index contributed by atoms with van der Waals surface area (Å²) in [5.74, 6) is 1.18. The number of hydrogen-bond donors (Lipinski definition) is 0. The van der Waals surface area contributed by atoms with Crippen LogP contribution in [0.4, 0.5) is 0 Å². The van der Waals surface area contributed by atoms with Crippen molar-refractivity contribution >= 4 is 11.9 Å². The highest BCUT2D eigenvalue weighted by Gasteiger charge is 2.29. The van der Waals surface area contributed by atoms with Gasteiger partial charge in [-0.15, -0.1) is 0 Å². The first kappa shape index (κ1) is 8.02. The molecule has 3 heteroatoms. The van der Waals surface area contributed by atoms with Crippen molar-refractivity contribution in [3.8, 4) is 0 Å². The van der Waals surface area contributed by atoms with Crippen molar-refractivity contribution in [3.05, 3.63) is 5.57 Å². The number of methoxy groups -OCH3 is 1.